The fourth-order valence-corrected chi connectivity index (χ4v) is 3.48. The zero-order valence-corrected chi connectivity index (χ0v) is 11.3. The van der Waals surface area contributed by atoms with Crippen molar-refractivity contribution in [3.63, 3.8) is 0 Å². The molecule has 0 aliphatic carbocycles. The number of benzene rings is 1. The summed E-state index contributed by atoms with van der Waals surface area (Å²) in [7, 11) is 0. The highest BCUT2D eigenvalue weighted by atomic mass is 32.2. The van der Waals surface area contributed by atoms with E-state index in [1.165, 1.54) is 11.6 Å². The van der Waals surface area contributed by atoms with Crippen molar-refractivity contribution >= 4 is 11.8 Å². The summed E-state index contributed by atoms with van der Waals surface area (Å²) < 4.78 is 13.8. The summed E-state index contributed by atoms with van der Waals surface area (Å²) in [4.78, 5) is 4.81. The highest BCUT2D eigenvalue weighted by molar-refractivity contribution is 7.99. The summed E-state index contributed by atoms with van der Waals surface area (Å²) in [6.45, 7) is 0.786. The Bertz CT molecular complexity index is 559. The van der Waals surface area contributed by atoms with Crippen molar-refractivity contribution in [3.8, 4) is 0 Å². The van der Waals surface area contributed by atoms with E-state index >= 15 is 0 Å². The Morgan fingerprint density at radius 2 is 2.11 bits per heavy atom. The van der Waals surface area contributed by atoms with Crippen LogP contribution in [0.1, 0.15) is 23.6 Å². The van der Waals surface area contributed by atoms with Crippen LogP contribution in [0.2, 0.25) is 0 Å². The zero-order valence-electron chi connectivity index (χ0n) is 10.5. The van der Waals surface area contributed by atoms with Gasteiger partial charge in [-0.1, -0.05) is 12.1 Å². The molecule has 1 N–H and O–H groups in total. The Hall–Kier alpha value is -1.39. The van der Waals surface area contributed by atoms with Gasteiger partial charge in [0.1, 0.15) is 5.82 Å². The standard InChI is InChI=1S/C15H15FN2S/c16-13-3-1-2-12-14(6-9-19-15(12)13)18-10-11-4-7-17-8-5-11/h1-5,7-8,14,18H,6,9-10H2. The first kappa shape index (κ1) is 12.6. The molecule has 1 aliphatic rings. The van der Waals surface area contributed by atoms with Crippen LogP contribution in [0.4, 0.5) is 4.39 Å². The van der Waals surface area contributed by atoms with Crippen molar-refractivity contribution in [1.29, 1.82) is 0 Å². The number of pyridine rings is 1. The largest absolute Gasteiger partial charge is 0.306 e. The smallest absolute Gasteiger partial charge is 0.137 e. The van der Waals surface area contributed by atoms with E-state index in [2.05, 4.69) is 10.3 Å². The van der Waals surface area contributed by atoms with Gasteiger partial charge in [0, 0.05) is 29.9 Å². The van der Waals surface area contributed by atoms with Gasteiger partial charge >= 0.3 is 0 Å². The molecule has 1 unspecified atom stereocenters. The molecule has 0 radical (unpaired) electrons. The molecule has 3 rings (SSSR count). The molecule has 2 aromatic rings. The van der Waals surface area contributed by atoms with E-state index in [0.29, 0.717) is 0 Å². The van der Waals surface area contributed by atoms with Crippen molar-refractivity contribution in [1.82, 2.24) is 10.3 Å². The minimum absolute atomic E-state index is 0.0992. The van der Waals surface area contributed by atoms with Gasteiger partial charge in [0.2, 0.25) is 0 Å². The first-order chi connectivity index (χ1) is 9.34. The second-order valence-electron chi connectivity index (χ2n) is 4.58. The summed E-state index contributed by atoms with van der Waals surface area (Å²) in [5, 5.41) is 3.51. The number of hydrogen-bond acceptors (Lipinski definition) is 3. The van der Waals surface area contributed by atoms with Gasteiger partial charge in [0.15, 0.2) is 0 Å². The van der Waals surface area contributed by atoms with E-state index in [-0.39, 0.29) is 11.9 Å². The van der Waals surface area contributed by atoms with E-state index in [4.69, 9.17) is 0 Å². The normalized spacial score (nSPS) is 18.1. The maximum Gasteiger partial charge on any atom is 0.137 e. The predicted octanol–water partition coefficient (Wildman–Crippen LogP) is 3.55. The maximum atomic E-state index is 13.8. The van der Waals surface area contributed by atoms with Crippen molar-refractivity contribution in [3.05, 3.63) is 59.7 Å². The average Bonchev–Trinajstić information content (AvgIpc) is 2.47. The third-order valence-corrected chi connectivity index (χ3v) is 4.49. The Kier molecular flexibility index (Phi) is 3.80. The van der Waals surface area contributed by atoms with Gasteiger partial charge in [-0.15, -0.1) is 11.8 Å². The molecule has 0 spiro atoms. The van der Waals surface area contributed by atoms with Gasteiger partial charge in [0.05, 0.1) is 0 Å². The predicted molar refractivity (Wildman–Crippen MR) is 75.6 cm³/mol. The van der Waals surface area contributed by atoms with E-state index in [0.717, 1.165) is 29.2 Å². The lowest BCUT2D eigenvalue weighted by Gasteiger charge is -2.26. The number of aromatic nitrogens is 1. The Morgan fingerprint density at radius 3 is 2.95 bits per heavy atom. The third kappa shape index (κ3) is 2.80. The molecule has 1 aromatic heterocycles. The van der Waals surface area contributed by atoms with Crippen LogP contribution in [0.5, 0.6) is 0 Å². The van der Waals surface area contributed by atoms with E-state index in [9.17, 15) is 4.39 Å². The SMILES string of the molecule is Fc1cccc2c1SCCC2NCc1ccncc1. The second-order valence-corrected chi connectivity index (χ2v) is 5.69. The molecule has 0 bridgehead atoms. The number of nitrogens with one attached hydrogen (secondary N) is 1. The summed E-state index contributed by atoms with van der Waals surface area (Å²) in [5.41, 5.74) is 2.29. The van der Waals surface area contributed by atoms with Crippen molar-refractivity contribution < 1.29 is 4.39 Å². The first-order valence-corrected chi connectivity index (χ1v) is 7.36. The summed E-state index contributed by atoms with van der Waals surface area (Å²) in [6.07, 6.45) is 4.62. The topological polar surface area (TPSA) is 24.9 Å². The molecular formula is C15H15FN2S. The van der Waals surface area contributed by atoms with Crippen LogP contribution in [0.25, 0.3) is 0 Å². The van der Waals surface area contributed by atoms with Crippen LogP contribution in [-0.4, -0.2) is 10.7 Å². The van der Waals surface area contributed by atoms with E-state index in [1.807, 2.05) is 18.2 Å². The molecule has 1 aliphatic heterocycles. The average molecular weight is 274 g/mol. The summed E-state index contributed by atoms with van der Waals surface area (Å²) >= 11 is 1.62. The lowest BCUT2D eigenvalue weighted by Crippen LogP contribution is -2.24. The lowest BCUT2D eigenvalue weighted by atomic mass is 10.0. The first-order valence-electron chi connectivity index (χ1n) is 6.38. The fourth-order valence-electron chi connectivity index (χ4n) is 2.34. The van der Waals surface area contributed by atoms with Crippen molar-refractivity contribution in [2.45, 2.75) is 23.9 Å². The van der Waals surface area contributed by atoms with Crippen molar-refractivity contribution in [2.75, 3.05) is 5.75 Å². The number of fused-ring (bicyclic) bond motifs is 1. The third-order valence-electron chi connectivity index (χ3n) is 3.33. The van der Waals surface area contributed by atoms with Crippen LogP contribution in [-0.2, 0) is 6.54 Å². The number of nitrogens with zero attached hydrogens (tertiary/aromatic N) is 1. The molecule has 98 valence electrons. The van der Waals surface area contributed by atoms with Crippen LogP contribution in [0, 0.1) is 5.82 Å². The van der Waals surface area contributed by atoms with Crippen molar-refractivity contribution in [2.24, 2.45) is 0 Å². The second kappa shape index (κ2) is 5.72. The minimum atomic E-state index is -0.0992. The lowest BCUT2D eigenvalue weighted by molar-refractivity contribution is 0.496. The Balaban J connectivity index is 1.75. The van der Waals surface area contributed by atoms with Crippen LogP contribution < -0.4 is 5.32 Å². The molecule has 2 heterocycles. The monoisotopic (exact) mass is 274 g/mol. The van der Waals surface area contributed by atoms with Crippen LogP contribution >= 0.6 is 11.8 Å². The molecule has 19 heavy (non-hydrogen) atoms. The van der Waals surface area contributed by atoms with E-state index < -0.39 is 0 Å². The minimum Gasteiger partial charge on any atom is -0.306 e. The molecule has 0 saturated heterocycles. The number of thioether (sulfide) groups is 1. The van der Waals surface area contributed by atoms with Gasteiger partial charge in [0.25, 0.3) is 0 Å². The van der Waals surface area contributed by atoms with Gasteiger partial charge in [-0.05, 0) is 41.5 Å². The van der Waals surface area contributed by atoms with Crippen LogP contribution in [0.3, 0.4) is 0 Å². The quantitative estimate of drug-likeness (QED) is 0.926. The Morgan fingerprint density at radius 1 is 1.26 bits per heavy atom. The number of hydrogen-bond donors (Lipinski definition) is 1. The Labute approximate surface area is 116 Å². The zero-order chi connectivity index (χ0) is 13.1. The molecule has 4 heteroatoms. The highest BCUT2D eigenvalue weighted by Gasteiger charge is 2.22. The molecule has 1 atom stereocenters. The van der Waals surface area contributed by atoms with Gasteiger partial charge in [-0.3, -0.25) is 4.98 Å². The molecule has 1 aromatic carbocycles. The molecule has 0 fully saturated rings. The van der Waals surface area contributed by atoms with Gasteiger partial charge in [-0.25, -0.2) is 4.39 Å². The van der Waals surface area contributed by atoms with Crippen LogP contribution in [0.15, 0.2) is 47.6 Å². The molecule has 0 amide bonds. The maximum absolute atomic E-state index is 13.8. The number of halogens is 1. The van der Waals surface area contributed by atoms with E-state index in [1.54, 1.807) is 30.2 Å². The fraction of sp³-hybridized carbons (Fsp3) is 0.267. The number of rotatable bonds is 3. The van der Waals surface area contributed by atoms with Gasteiger partial charge < -0.3 is 5.32 Å². The summed E-state index contributed by atoms with van der Waals surface area (Å²) in [5.74, 6) is 0.861. The highest BCUT2D eigenvalue weighted by Crippen LogP contribution is 2.37. The molecule has 0 saturated carbocycles. The van der Waals surface area contributed by atoms with Gasteiger partial charge in [-0.2, -0.15) is 0 Å². The molecule has 2 nitrogen and oxygen atoms in total. The summed E-state index contributed by atoms with van der Waals surface area (Å²) in [6, 6.07) is 9.58. The molecular weight excluding hydrogens is 259 g/mol.